The highest BCUT2D eigenvalue weighted by Crippen LogP contribution is 2.33. The van der Waals surface area contributed by atoms with Gasteiger partial charge in [0.2, 0.25) is 11.9 Å². The van der Waals surface area contributed by atoms with Crippen molar-refractivity contribution in [2.45, 2.75) is 83.8 Å². The highest BCUT2D eigenvalue weighted by Gasteiger charge is 2.37. The number of ether oxygens (including phenoxy) is 2. The number of aromatic nitrogens is 4. The topological polar surface area (TPSA) is 187 Å². The summed E-state index contributed by atoms with van der Waals surface area (Å²) >= 11 is 0. The van der Waals surface area contributed by atoms with Crippen molar-refractivity contribution in [2.24, 2.45) is 5.92 Å². The predicted molar refractivity (Wildman–Crippen MR) is 218 cm³/mol. The molecule has 3 amide bonds. The molecule has 1 aliphatic rings. The zero-order valence-corrected chi connectivity index (χ0v) is 33.2. The van der Waals surface area contributed by atoms with Gasteiger partial charge in [-0.05, 0) is 73.8 Å². The number of carbonyl (C=O) groups is 3. The Hall–Kier alpha value is -6.15. The molecule has 1 saturated heterocycles. The summed E-state index contributed by atoms with van der Waals surface area (Å²) in [6.45, 7) is 9.74. The van der Waals surface area contributed by atoms with E-state index in [4.69, 9.17) is 9.47 Å². The summed E-state index contributed by atoms with van der Waals surface area (Å²) in [5.74, 6) is 0.812. The van der Waals surface area contributed by atoms with Gasteiger partial charge in [0.25, 0.3) is 0 Å². The minimum atomic E-state index is -1.17. The van der Waals surface area contributed by atoms with Crippen LogP contribution < -0.4 is 16.0 Å². The molecule has 0 bridgehead atoms. The standard InChI is InChI=1S/C43H52N8O6/c1-26(2)36(49-41(54)56-6)39(53)51-22-10-13-35(51)37-44-24-33(46-37)30-18-14-28(15-19-30)29-16-20-31(21-17-29)34-25-45-40(47-34)50-38(52)32(23-27-11-8-7-9-12-27)48-42(55)57-43(3,4)5/h7-9,11-12,14-21,24-26,32,35-36,38,52H,10,13,22-23H2,1-6H3,(H,44,46)(H,48,55)(H,49,54)(H2,45,47,50). The van der Waals surface area contributed by atoms with Crippen LogP contribution in [-0.2, 0) is 20.7 Å². The normalized spacial score (nSPS) is 15.8. The number of aliphatic hydroxyl groups excluding tert-OH is 1. The Labute approximate surface area is 332 Å². The third kappa shape index (κ3) is 10.4. The molecule has 0 saturated carbocycles. The number of anilines is 1. The fraction of sp³-hybridized carbons (Fsp3) is 0.372. The molecule has 14 heteroatoms. The SMILES string of the molecule is COC(=O)NC(C(=O)N1CCCC1c1ncc(-c2ccc(-c3ccc(-c4cnc(NC(O)C(Cc5ccccc5)NC(=O)OC(C)(C)C)[nH]4)cc3)cc2)[nH]1)C(C)C. The molecular formula is C43H52N8O6. The molecule has 300 valence electrons. The molecule has 4 atom stereocenters. The quantitative estimate of drug-likeness (QED) is 0.0682. The minimum absolute atomic E-state index is 0.109. The summed E-state index contributed by atoms with van der Waals surface area (Å²) in [7, 11) is 1.29. The first kappa shape index (κ1) is 40.5. The zero-order chi connectivity index (χ0) is 40.7. The Morgan fingerprint density at radius 1 is 0.842 bits per heavy atom. The van der Waals surface area contributed by atoms with Crippen molar-refractivity contribution < 1.29 is 29.0 Å². The summed E-state index contributed by atoms with van der Waals surface area (Å²) in [6.07, 6.45) is 3.04. The van der Waals surface area contributed by atoms with E-state index in [-0.39, 0.29) is 17.9 Å². The number of imidazole rings is 2. The van der Waals surface area contributed by atoms with E-state index in [1.165, 1.54) is 7.11 Å². The maximum Gasteiger partial charge on any atom is 0.408 e. The maximum atomic E-state index is 13.5. The second-order valence-corrected chi connectivity index (χ2v) is 15.6. The van der Waals surface area contributed by atoms with Crippen LogP contribution in [0.1, 0.15) is 64.9 Å². The average molecular weight is 777 g/mol. The maximum absolute atomic E-state index is 13.5. The van der Waals surface area contributed by atoms with Crippen molar-refractivity contribution in [1.82, 2.24) is 35.5 Å². The molecule has 2 aromatic heterocycles. The van der Waals surface area contributed by atoms with Crippen molar-refractivity contribution >= 4 is 24.0 Å². The van der Waals surface area contributed by atoms with Crippen molar-refractivity contribution in [3.05, 3.63) is 103 Å². The lowest BCUT2D eigenvalue weighted by Crippen LogP contribution is -2.51. The van der Waals surface area contributed by atoms with Crippen LogP contribution >= 0.6 is 0 Å². The first-order valence-electron chi connectivity index (χ1n) is 19.2. The van der Waals surface area contributed by atoms with Crippen LogP contribution in [0.5, 0.6) is 0 Å². The van der Waals surface area contributed by atoms with Gasteiger partial charge < -0.3 is 45.4 Å². The van der Waals surface area contributed by atoms with Crippen molar-refractivity contribution in [3.8, 4) is 33.6 Å². The number of benzene rings is 3. The third-order valence-electron chi connectivity index (χ3n) is 9.81. The largest absolute Gasteiger partial charge is 0.453 e. The van der Waals surface area contributed by atoms with Gasteiger partial charge in [-0.15, -0.1) is 0 Å². The lowest BCUT2D eigenvalue weighted by atomic mass is 10.0. The average Bonchev–Trinajstić information content (AvgIpc) is 3.98. The van der Waals surface area contributed by atoms with Gasteiger partial charge in [0, 0.05) is 6.54 Å². The second kappa shape index (κ2) is 17.8. The number of likely N-dealkylation sites (tertiary alicyclic amines) is 1. The Morgan fingerprint density at radius 2 is 1.44 bits per heavy atom. The fourth-order valence-electron chi connectivity index (χ4n) is 6.88. The fourth-order valence-corrected chi connectivity index (χ4v) is 6.88. The number of alkyl carbamates (subject to hydrolysis) is 2. The summed E-state index contributed by atoms with van der Waals surface area (Å²) in [5.41, 5.74) is 5.79. The van der Waals surface area contributed by atoms with Gasteiger partial charge in [0.15, 0.2) is 0 Å². The Kier molecular flexibility index (Phi) is 12.6. The van der Waals surface area contributed by atoms with E-state index < -0.39 is 36.1 Å². The molecule has 6 N–H and O–H groups in total. The van der Waals surface area contributed by atoms with Crippen LogP contribution in [0.2, 0.25) is 0 Å². The molecule has 3 heterocycles. The van der Waals surface area contributed by atoms with Crippen molar-refractivity contribution in [3.63, 3.8) is 0 Å². The molecule has 57 heavy (non-hydrogen) atoms. The van der Waals surface area contributed by atoms with Crippen LogP contribution in [0.4, 0.5) is 15.5 Å². The lowest BCUT2D eigenvalue weighted by Gasteiger charge is -2.30. The van der Waals surface area contributed by atoms with Crippen molar-refractivity contribution in [2.75, 3.05) is 19.0 Å². The van der Waals surface area contributed by atoms with Crippen LogP contribution in [0.25, 0.3) is 33.6 Å². The highest BCUT2D eigenvalue weighted by atomic mass is 16.6. The number of methoxy groups -OCH3 is 1. The molecule has 0 aliphatic carbocycles. The number of amides is 3. The van der Waals surface area contributed by atoms with E-state index in [0.717, 1.165) is 52.0 Å². The van der Waals surface area contributed by atoms with Crippen LogP contribution in [0, 0.1) is 5.92 Å². The van der Waals surface area contributed by atoms with Gasteiger partial charge in [-0.3, -0.25) is 4.79 Å². The van der Waals surface area contributed by atoms with Crippen LogP contribution in [-0.4, -0.2) is 85.6 Å². The van der Waals surface area contributed by atoms with Crippen molar-refractivity contribution in [1.29, 1.82) is 0 Å². The lowest BCUT2D eigenvalue weighted by molar-refractivity contribution is -0.135. The number of hydrogen-bond donors (Lipinski definition) is 6. The molecule has 0 spiro atoms. The van der Waals surface area contributed by atoms with Gasteiger partial charge in [0.1, 0.15) is 23.7 Å². The van der Waals surface area contributed by atoms with Gasteiger partial charge in [-0.1, -0.05) is 92.7 Å². The first-order valence-corrected chi connectivity index (χ1v) is 19.2. The molecule has 1 aliphatic heterocycles. The molecule has 0 radical (unpaired) electrons. The molecule has 4 unspecified atom stereocenters. The summed E-state index contributed by atoms with van der Waals surface area (Å²) < 4.78 is 10.2. The predicted octanol–water partition coefficient (Wildman–Crippen LogP) is 7.04. The van der Waals surface area contributed by atoms with Gasteiger partial charge in [-0.2, -0.15) is 0 Å². The zero-order valence-electron chi connectivity index (χ0n) is 33.2. The Balaban J connectivity index is 1.08. The monoisotopic (exact) mass is 776 g/mol. The number of nitrogens with zero attached hydrogens (tertiary/aromatic N) is 3. The highest BCUT2D eigenvalue weighted by molar-refractivity contribution is 5.86. The smallest absolute Gasteiger partial charge is 0.408 e. The van der Waals surface area contributed by atoms with Gasteiger partial charge >= 0.3 is 12.2 Å². The second-order valence-electron chi connectivity index (χ2n) is 15.6. The number of carbonyl (C=O) groups excluding carboxylic acids is 3. The molecule has 1 fully saturated rings. The summed E-state index contributed by atoms with van der Waals surface area (Å²) in [6, 6.07) is 24.2. The number of aromatic amines is 2. The third-order valence-corrected chi connectivity index (χ3v) is 9.81. The van der Waals surface area contributed by atoms with E-state index in [9.17, 15) is 19.5 Å². The Bertz CT molecular complexity index is 2110. The number of aliphatic hydroxyl groups is 1. The van der Waals surface area contributed by atoms with Gasteiger partial charge in [-0.25, -0.2) is 19.6 Å². The molecular weight excluding hydrogens is 725 g/mol. The number of H-pyrrole nitrogens is 2. The Morgan fingerprint density at radius 3 is 2.04 bits per heavy atom. The van der Waals surface area contributed by atoms with E-state index in [1.807, 2.05) is 80.6 Å². The van der Waals surface area contributed by atoms with Crippen LogP contribution in [0.3, 0.4) is 0 Å². The molecule has 6 rings (SSSR count). The molecule has 5 aromatic rings. The molecule has 3 aromatic carbocycles. The summed E-state index contributed by atoms with van der Waals surface area (Å²) in [4.78, 5) is 55.7. The van der Waals surface area contributed by atoms with Gasteiger partial charge in [0.05, 0.1) is 43.0 Å². The van der Waals surface area contributed by atoms with E-state index >= 15 is 0 Å². The molecule has 14 nitrogen and oxygen atoms in total. The minimum Gasteiger partial charge on any atom is -0.453 e. The van der Waals surface area contributed by atoms with E-state index in [2.05, 4.69) is 48.0 Å². The number of rotatable bonds is 13. The first-order chi connectivity index (χ1) is 27.3. The van der Waals surface area contributed by atoms with Crippen LogP contribution in [0.15, 0.2) is 91.3 Å². The van der Waals surface area contributed by atoms with E-state index in [0.29, 0.717) is 24.7 Å². The van der Waals surface area contributed by atoms with E-state index in [1.54, 1.807) is 38.1 Å². The number of hydrogen-bond acceptors (Lipinski definition) is 9. The number of nitrogens with one attached hydrogen (secondary N) is 5. The summed E-state index contributed by atoms with van der Waals surface area (Å²) in [5, 5.41) is 19.7.